The summed E-state index contributed by atoms with van der Waals surface area (Å²) in [4.78, 5) is 8.96. The first kappa shape index (κ1) is 26.4. The second-order valence-electron chi connectivity index (χ2n) is 10.4. The van der Waals surface area contributed by atoms with Gasteiger partial charge in [-0.25, -0.2) is 4.39 Å². The molecule has 1 atom stereocenters. The number of nitrogens with zero attached hydrogens (tertiary/aromatic N) is 3. The predicted molar refractivity (Wildman–Crippen MR) is 146 cm³/mol. The molecule has 0 radical (unpaired) electrons. The fourth-order valence-corrected chi connectivity index (χ4v) is 5.46. The summed E-state index contributed by atoms with van der Waals surface area (Å²) in [6, 6.07) is 16.2. The van der Waals surface area contributed by atoms with Gasteiger partial charge in [0.2, 0.25) is 0 Å². The largest absolute Gasteiger partial charge is 0.497 e. The van der Waals surface area contributed by atoms with E-state index in [4.69, 9.17) is 4.74 Å². The van der Waals surface area contributed by atoms with Crippen molar-refractivity contribution in [2.45, 2.75) is 44.7 Å². The molecule has 194 valence electrons. The number of ether oxygens (including phenoxy) is 1. The quantitative estimate of drug-likeness (QED) is 0.365. The van der Waals surface area contributed by atoms with E-state index < -0.39 is 6.17 Å². The van der Waals surface area contributed by atoms with Gasteiger partial charge in [-0.3, -0.25) is 4.98 Å². The minimum Gasteiger partial charge on any atom is -0.497 e. The lowest BCUT2D eigenvalue weighted by molar-refractivity contribution is 0.0300. The minimum absolute atomic E-state index is 0.114. The Labute approximate surface area is 214 Å². The van der Waals surface area contributed by atoms with Crippen LogP contribution in [0.25, 0.3) is 10.9 Å². The number of alkyl halides is 1. The maximum atomic E-state index is 16.0. The molecule has 0 aliphatic carbocycles. The minimum atomic E-state index is -1.15. The van der Waals surface area contributed by atoms with Crippen molar-refractivity contribution in [1.82, 2.24) is 9.88 Å². The first-order valence-corrected chi connectivity index (χ1v) is 13.1. The van der Waals surface area contributed by atoms with Crippen molar-refractivity contribution in [1.29, 1.82) is 0 Å². The lowest BCUT2D eigenvalue weighted by Gasteiger charge is -2.41. The average molecular weight is 494 g/mol. The highest BCUT2D eigenvalue weighted by Crippen LogP contribution is 2.42. The molecule has 0 bridgehead atoms. The van der Waals surface area contributed by atoms with Crippen molar-refractivity contribution in [3.05, 3.63) is 65.9 Å². The van der Waals surface area contributed by atoms with Crippen LogP contribution in [0.1, 0.15) is 49.4 Å². The van der Waals surface area contributed by atoms with E-state index >= 15 is 4.39 Å². The molecule has 36 heavy (non-hydrogen) atoms. The van der Waals surface area contributed by atoms with Crippen LogP contribution in [0.2, 0.25) is 0 Å². The Morgan fingerprint density at radius 2 is 1.89 bits per heavy atom. The lowest BCUT2D eigenvalue weighted by atomic mass is 9.74. The average Bonchev–Trinajstić information content (AvgIpc) is 2.92. The van der Waals surface area contributed by atoms with Crippen LogP contribution in [0.5, 0.6) is 5.75 Å². The van der Waals surface area contributed by atoms with Crippen molar-refractivity contribution in [2.24, 2.45) is 5.41 Å². The smallest absolute Gasteiger partial charge is 0.128 e. The van der Waals surface area contributed by atoms with E-state index in [0.717, 1.165) is 61.9 Å². The first-order valence-electron chi connectivity index (χ1n) is 13.1. The Bertz CT molecular complexity index is 1110. The molecular formula is C30H40FN3O2. The molecule has 5 nitrogen and oxygen atoms in total. The maximum absolute atomic E-state index is 16.0. The zero-order valence-electron chi connectivity index (χ0n) is 21.9. The van der Waals surface area contributed by atoms with Crippen LogP contribution in [0.4, 0.5) is 10.1 Å². The number of benzene rings is 2. The molecule has 2 aromatic carbocycles. The summed E-state index contributed by atoms with van der Waals surface area (Å²) in [5.74, 6) is 0.695. The monoisotopic (exact) mass is 493 g/mol. The van der Waals surface area contributed by atoms with Gasteiger partial charge in [0.15, 0.2) is 0 Å². The standard InChI is InChI=1S/C30H40FN3O2/c1-33(2)28-21-32-27-12-11-24(36-3)20-25(27)29(28)26(31)13-14-30(22-35)15-18-34(19-16-30)17-7-10-23-8-5-4-6-9-23/h4-6,8-9,11-12,20-21,26,35H,7,10,13-19,22H2,1-3H3/t26-/m1/s1. The topological polar surface area (TPSA) is 48.8 Å². The first-order chi connectivity index (χ1) is 17.4. The molecule has 6 heteroatoms. The molecule has 2 heterocycles. The highest BCUT2D eigenvalue weighted by atomic mass is 19.1. The number of aromatic nitrogens is 1. The van der Waals surface area contributed by atoms with Crippen LogP contribution < -0.4 is 9.64 Å². The number of pyridine rings is 1. The van der Waals surface area contributed by atoms with E-state index in [1.807, 2.05) is 37.2 Å². The summed E-state index contributed by atoms with van der Waals surface area (Å²) in [5.41, 5.74) is 3.38. The zero-order valence-corrected chi connectivity index (χ0v) is 21.9. The fourth-order valence-electron chi connectivity index (χ4n) is 5.46. The van der Waals surface area contributed by atoms with E-state index in [0.29, 0.717) is 24.2 Å². The van der Waals surface area contributed by atoms with Crippen LogP contribution in [-0.4, -0.2) is 62.4 Å². The number of halogens is 1. The number of aliphatic hydroxyl groups excluding tert-OH is 1. The number of rotatable bonds is 11. The van der Waals surface area contributed by atoms with Crippen molar-refractivity contribution < 1.29 is 14.2 Å². The molecule has 0 unspecified atom stereocenters. The SMILES string of the molecule is COc1ccc2ncc(N(C)C)c([C@H](F)CCC3(CO)CCN(CCCc4ccccc4)CC3)c2c1. The number of methoxy groups -OCH3 is 1. The fraction of sp³-hybridized carbons (Fsp3) is 0.500. The lowest BCUT2D eigenvalue weighted by Crippen LogP contribution is -2.42. The molecule has 1 saturated heterocycles. The van der Waals surface area contributed by atoms with E-state index in [-0.39, 0.29) is 12.0 Å². The summed E-state index contributed by atoms with van der Waals surface area (Å²) in [7, 11) is 5.46. The molecule has 4 rings (SSSR count). The van der Waals surface area contributed by atoms with Crippen LogP contribution in [0.3, 0.4) is 0 Å². The summed E-state index contributed by atoms with van der Waals surface area (Å²) in [6.07, 6.45) is 5.70. The summed E-state index contributed by atoms with van der Waals surface area (Å²) in [5, 5.41) is 11.1. The Hall–Kier alpha value is -2.70. The third-order valence-electron chi connectivity index (χ3n) is 7.85. The number of piperidine rings is 1. The number of fused-ring (bicyclic) bond motifs is 1. The van der Waals surface area contributed by atoms with Gasteiger partial charge >= 0.3 is 0 Å². The second kappa shape index (κ2) is 12.0. The number of aliphatic hydroxyl groups is 1. The van der Waals surface area contributed by atoms with E-state index in [1.165, 1.54) is 5.56 Å². The molecular weight excluding hydrogens is 453 g/mol. The molecule has 0 spiro atoms. The number of anilines is 1. The van der Waals surface area contributed by atoms with Gasteiger partial charge in [-0.15, -0.1) is 0 Å². The number of hydrogen-bond donors (Lipinski definition) is 1. The molecule has 1 aliphatic rings. The van der Waals surface area contributed by atoms with Crippen LogP contribution in [0, 0.1) is 5.41 Å². The van der Waals surface area contributed by atoms with E-state index in [2.05, 4.69) is 40.2 Å². The Morgan fingerprint density at radius 3 is 2.56 bits per heavy atom. The zero-order chi connectivity index (χ0) is 25.5. The van der Waals surface area contributed by atoms with Crippen molar-refractivity contribution in [2.75, 3.05) is 52.3 Å². The van der Waals surface area contributed by atoms with Gasteiger partial charge < -0.3 is 19.6 Å². The van der Waals surface area contributed by atoms with Crippen LogP contribution >= 0.6 is 0 Å². The van der Waals surface area contributed by atoms with Crippen molar-refractivity contribution >= 4 is 16.6 Å². The van der Waals surface area contributed by atoms with Gasteiger partial charge in [0.1, 0.15) is 11.9 Å². The van der Waals surface area contributed by atoms with Crippen molar-refractivity contribution in [3.63, 3.8) is 0 Å². The summed E-state index contributed by atoms with van der Waals surface area (Å²) in [6.45, 7) is 3.11. The summed E-state index contributed by atoms with van der Waals surface area (Å²) < 4.78 is 21.4. The van der Waals surface area contributed by atoms with Gasteiger partial charge in [0.05, 0.1) is 24.5 Å². The molecule has 1 aliphatic heterocycles. The second-order valence-corrected chi connectivity index (χ2v) is 10.4. The Morgan fingerprint density at radius 1 is 1.14 bits per heavy atom. The molecule has 1 fully saturated rings. The third kappa shape index (κ3) is 6.16. The van der Waals surface area contributed by atoms with Gasteiger partial charge in [0, 0.05) is 31.7 Å². The Kier molecular flexibility index (Phi) is 8.81. The van der Waals surface area contributed by atoms with E-state index in [1.54, 1.807) is 13.3 Å². The van der Waals surface area contributed by atoms with Crippen molar-refractivity contribution in [3.8, 4) is 5.75 Å². The molecule has 0 saturated carbocycles. The highest BCUT2D eigenvalue weighted by Gasteiger charge is 2.35. The molecule has 1 N–H and O–H groups in total. The number of aryl methyl sites for hydroxylation is 1. The predicted octanol–water partition coefficient (Wildman–Crippen LogP) is 5.81. The van der Waals surface area contributed by atoms with Gasteiger partial charge in [0.25, 0.3) is 0 Å². The highest BCUT2D eigenvalue weighted by molar-refractivity contribution is 5.88. The molecule has 0 amide bonds. The Balaban J connectivity index is 1.39. The van der Waals surface area contributed by atoms with Crippen LogP contribution in [-0.2, 0) is 6.42 Å². The number of likely N-dealkylation sites (tertiary alicyclic amines) is 1. The maximum Gasteiger partial charge on any atom is 0.128 e. The van der Waals surface area contributed by atoms with Gasteiger partial charge in [-0.2, -0.15) is 0 Å². The summed E-state index contributed by atoms with van der Waals surface area (Å²) >= 11 is 0. The van der Waals surface area contributed by atoms with E-state index in [9.17, 15) is 5.11 Å². The normalized spacial score (nSPS) is 16.7. The number of hydrogen-bond acceptors (Lipinski definition) is 5. The third-order valence-corrected chi connectivity index (χ3v) is 7.85. The molecule has 1 aromatic heterocycles. The van der Waals surface area contributed by atoms with Crippen LogP contribution in [0.15, 0.2) is 54.7 Å². The van der Waals surface area contributed by atoms with Gasteiger partial charge in [-0.05, 0) is 87.3 Å². The van der Waals surface area contributed by atoms with Gasteiger partial charge in [-0.1, -0.05) is 30.3 Å². The molecule has 3 aromatic rings.